The lowest BCUT2D eigenvalue weighted by atomic mass is 10.2. The molecule has 0 radical (unpaired) electrons. The topological polar surface area (TPSA) is 53.2 Å². The largest absolute Gasteiger partial charge is 0.493 e. The summed E-state index contributed by atoms with van der Waals surface area (Å²) in [7, 11) is 0. The van der Waals surface area contributed by atoms with Gasteiger partial charge in [-0.15, -0.1) is 0 Å². The maximum Gasteiger partial charge on any atom is 0.120 e. The molecule has 86 valence electrons. The van der Waals surface area contributed by atoms with Gasteiger partial charge in [0.05, 0.1) is 18.2 Å². The normalized spacial score (nSPS) is 9.75. The second-order valence-electron chi connectivity index (χ2n) is 3.18. The molecule has 0 amide bonds. The molecular formula is C12H15NO2S. The SMILES string of the molecule is N#Cc1cccc(OCCSCCCO)c1. The molecular weight excluding hydrogens is 222 g/mol. The Kier molecular flexibility index (Phi) is 6.47. The third-order valence-corrected chi connectivity index (χ3v) is 2.94. The number of aliphatic hydroxyl groups is 1. The highest BCUT2D eigenvalue weighted by molar-refractivity contribution is 7.99. The van der Waals surface area contributed by atoms with Gasteiger partial charge in [-0.3, -0.25) is 0 Å². The van der Waals surface area contributed by atoms with Gasteiger partial charge in [-0.2, -0.15) is 17.0 Å². The van der Waals surface area contributed by atoms with Gasteiger partial charge in [0.2, 0.25) is 0 Å². The van der Waals surface area contributed by atoms with Crippen molar-refractivity contribution in [1.82, 2.24) is 0 Å². The maximum atomic E-state index is 8.70. The van der Waals surface area contributed by atoms with Crippen LogP contribution in [0.15, 0.2) is 24.3 Å². The highest BCUT2D eigenvalue weighted by Gasteiger charge is 1.96. The van der Waals surface area contributed by atoms with Gasteiger partial charge in [0.1, 0.15) is 5.75 Å². The minimum Gasteiger partial charge on any atom is -0.493 e. The fraction of sp³-hybridized carbons (Fsp3) is 0.417. The van der Waals surface area contributed by atoms with E-state index in [1.165, 1.54) is 0 Å². The van der Waals surface area contributed by atoms with Crippen molar-refractivity contribution in [2.75, 3.05) is 24.7 Å². The molecule has 0 saturated heterocycles. The van der Waals surface area contributed by atoms with Crippen LogP contribution in [-0.2, 0) is 0 Å². The molecule has 0 aliphatic heterocycles. The first-order valence-corrected chi connectivity index (χ1v) is 6.34. The van der Waals surface area contributed by atoms with E-state index in [4.69, 9.17) is 15.1 Å². The zero-order chi connectivity index (χ0) is 11.6. The van der Waals surface area contributed by atoms with Crippen LogP contribution in [0.3, 0.4) is 0 Å². The highest BCUT2D eigenvalue weighted by atomic mass is 32.2. The van der Waals surface area contributed by atoms with Crippen molar-refractivity contribution >= 4 is 11.8 Å². The summed E-state index contributed by atoms with van der Waals surface area (Å²) < 4.78 is 5.49. The Morgan fingerprint density at radius 1 is 1.38 bits per heavy atom. The molecule has 0 fully saturated rings. The number of nitriles is 1. The minimum absolute atomic E-state index is 0.248. The smallest absolute Gasteiger partial charge is 0.120 e. The summed E-state index contributed by atoms with van der Waals surface area (Å²) in [6, 6.07) is 9.22. The zero-order valence-corrected chi connectivity index (χ0v) is 9.87. The number of hydrogen-bond donors (Lipinski definition) is 1. The molecule has 1 aromatic carbocycles. The van der Waals surface area contributed by atoms with E-state index in [0.717, 1.165) is 23.7 Å². The highest BCUT2D eigenvalue weighted by Crippen LogP contribution is 2.13. The monoisotopic (exact) mass is 237 g/mol. The molecule has 16 heavy (non-hydrogen) atoms. The Morgan fingerprint density at radius 2 is 2.25 bits per heavy atom. The van der Waals surface area contributed by atoms with Crippen LogP contribution in [0.1, 0.15) is 12.0 Å². The van der Waals surface area contributed by atoms with Crippen LogP contribution < -0.4 is 4.74 Å². The predicted octanol–water partition coefficient (Wildman–Crippen LogP) is 2.05. The third kappa shape index (κ3) is 5.06. The average Bonchev–Trinajstić information content (AvgIpc) is 2.34. The summed E-state index contributed by atoms with van der Waals surface area (Å²) in [5, 5.41) is 17.3. The Balaban J connectivity index is 2.19. The Bertz CT molecular complexity index is 349. The summed E-state index contributed by atoms with van der Waals surface area (Å²) in [5.41, 5.74) is 0.616. The lowest BCUT2D eigenvalue weighted by molar-refractivity contribution is 0.296. The molecule has 3 nitrogen and oxygen atoms in total. The number of ether oxygens (including phenoxy) is 1. The minimum atomic E-state index is 0.248. The second kappa shape index (κ2) is 8.03. The molecule has 0 aliphatic rings. The summed E-state index contributed by atoms with van der Waals surface area (Å²) in [5.74, 6) is 2.59. The van der Waals surface area contributed by atoms with E-state index in [1.54, 1.807) is 23.9 Å². The molecule has 0 spiro atoms. The van der Waals surface area contributed by atoms with Crippen LogP contribution in [0.2, 0.25) is 0 Å². The molecule has 1 rings (SSSR count). The van der Waals surface area contributed by atoms with Crippen LogP contribution in [0, 0.1) is 11.3 Å². The van der Waals surface area contributed by atoms with Gasteiger partial charge in [-0.25, -0.2) is 0 Å². The molecule has 0 aliphatic carbocycles. The molecule has 0 bridgehead atoms. The molecule has 4 heteroatoms. The lowest BCUT2D eigenvalue weighted by Crippen LogP contribution is -2.01. The Labute approximate surface area is 100 Å². The fourth-order valence-corrected chi connectivity index (χ4v) is 1.88. The Morgan fingerprint density at radius 3 is 3.00 bits per heavy atom. The van der Waals surface area contributed by atoms with Gasteiger partial charge in [-0.05, 0) is 30.4 Å². The first-order valence-electron chi connectivity index (χ1n) is 5.18. The summed E-state index contributed by atoms with van der Waals surface area (Å²) in [4.78, 5) is 0. The number of thioether (sulfide) groups is 1. The molecule has 1 N–H and O–H groups in total. The van der Waals surface area contributed by atoms with Crippen molar-refractivity contribution in [2.45, 2.75) is 6.42 Å². The molecule has 0 heterocycles. The number of hydrogen-bond acceptors (Lipinski definition) is 4. The quantitative estimate of drug-likeness (QED) is 0.737. The van der Waals surface area contributed by atoms with E-state index in [9.17, 15) is 0 Å². The maximum absolute atomic E-state index is 8.70. The van der Waals surface area contributed by atoms with Crippen molar-refractivity contribution in [2.24, 2.45) is 0 Å². The van der Waals surface area contributed by atoms with Crippen molar-refractivity contribution in [3.8, 4) is 11.8 Å². The van der Waals surface area contributed by atoms with Crippen LogP contribution in [-0.4, -0.2) is 29.8 Å². The van der Waals surface area contributed by atoms with E-state index in [1.807, 2.05) is 12.1 Å². The first kappa shape index (κ1) is 12.9. The first-order chi connectivity index (χ1) is 7.86. The summed E-state index contributed by atoms with van der Waals surface area (Å²) in [6.45, 7) is 0.878. The van der Waals surface area contributed by atoms with Gasteiger partial charge < -0.3 is 9.84 Å². The van der Waals surface area contributed by atoms with Crippen molar-refractivity contribution < 1.29 is 9.84 Å². The molecule has 1 aromatic rings. The fourth-order valence-electron chi connectivity index (χ4n) is 1.14. The average molecular weight is 237 g/mol. The summed E-state index contributed by atoms with van der Waals surface area (Å²) >= 11 is 1.76. The Hall–Kier alpha value is -1.18. The number of aliphatic hydroxyl groups excluding tert-OH is 1. The number of rotatable bonds is 7. The lowest BCUT2D eigenvalue weighted by Gasteiger charge is -2.05. The van der Waals surface area contributed by atoms with Gasteiger partial charge in [0, 0.05) is 12.4 Å². The zero-order valence-electron chi connectivity index (χ0n) is 9.06. The van der Waals surface area contributed by atoms with Crippen LogP contribution in [0.25, 0.3) is 0 Å². The van der Waals surface area contributed by atoms with Crippen LogP contribution in [0.4, 0.5) is 0 Å². The molecule has 0 atom stereocenters. The standard InChI is InChI=1S/C12H15NO2S/c13-10-11-3-1-4-12(9-11)15-6-8-16-7-2-5-14/h1,3-4,9,14H,2,5-8H2. The molecule has 0 unspecified atom stereocenters. The third-order valence-electron chi connectivity index (χ3n) is 1.91. The van der Waals surface area contributed by atoms with Gasteiger partial charge in [0.15, 0.2) is 0 Å². The van der Waals surface area contributed by atoms with Gasteiger partial charge >= 0.3 is 0 Å². The number of benzene rings is 1. The van der Waals surface area contributed by atoms with Gasteiger partial charge in [-0.1, -0.05) is 6.07 Å². The van der Waals surface area contributed by atoms with Crippen molar-refractivity contribution in [1.29, 1.82) is 5.26 Å². The molecule has 0 aromatic heterocycles. The van der Waals surface area contributed by atoms with Crippen molar-refractivity contribution in [3.05, 3.63) is 29.8 Å². The van der Waals surface area contributed by atoms with E-state index < -0.39 is 0 Å². The van der Waals surface area contributed by atoms with Gasteiger partial charge in [0.25, 0.3) is 0 Å². The molecule has 0 saturated carbocycles. The van der Waals surface area contributed by atoms with E-state index in [2.05, 4.69) is 6.07 Å². The van der Waals surface area contributed by atoms with E-state index in [0.29, 0.717) is 12.2 Å². The second-order valence-corrected chi connectivity index (χ2v) is 4.40. The van der Waals surface area contributed by atoms with Crippen LogP contribution in [0.5, 0.6) is 5.75 Å². The van der Waals surface area contributed by atoms with E-state index in [-0.39, 0.29) is 6.61 Å². The van der Waals surface area contributed by atoms with E-state index >= 15 is 0 Å². The van der Waals surface area contributed by atoms with Crippen molar-refractivity contribution in [3.63, 3.8) is 0 Å². The van der Waals surface area contributed by atoms with Crippen LogP contribution >= 0.6 is 11.8 Å². The number of nitrogens with zero attached hydrogens (tertiary/aromatic N) is 1. The summed E-state index contributed by atoms with van der Waals surface area (Å²) in [6.07, 6.45) is 0.828. The predicted molar refractivity (Wildman–Crippen MR) is 65.7 cm³/mol.